The molecule has 0 saturated carbocycles. The Morgan fingerprint density at radius 1 is 1.12 bits per heavy atom. The lowest BCUT2D eigenvalue weighted by atomic mass is 9.85. The SMILES string of the molecule is COc1ccc(C(=O)N2CCCC3(C2)Nc2cccnc2NC3=NCc2ccccc2)cc1. The number of pyridine rings is 1. The minimum absolute atomic E-state index is 0.0120. The third-order valence-corrected chi connectivity index (χ3v) is 6.25. The third-order valence-electron chi connectivity index (χ3n) is 6.25. The van der Waals surface area contributed by atoms with Gasteiger partial charge in [-0.05, 0) is 54.8 Å². The number of amides is 1. The van der Waals surface area contributed by atoms with Crippen LogP contribution in [0, 0.1) is 0 Å². The van der Waals surface area contributed by atoms with Gasteiger partial charge in [-0.3, -0.25) is 9.79 Å². The summed E-state index contributed by atoms with van der Waals surface area (Å²) in [5, 5.41) is 7.15. The molecule has 1 fully saturated rings. The summed E-state index contributed by atoms with van der Waals surface area (Å²) in [4.78, 5) is 24.7. The van der Waals surface area contributed by atoms with Crippen LogP contribution in [0.2, 0.25) is 0 Å². The second-order valence-corrected chi connectivity index (χ2v) is 8.44. The largest absolute Gasteiger partial charge is 0.497 e. The molecule has 1 unspecified atom stereocenters. The van der Waals surface area contributed by atoms with Gasteiger partial charge in [-0.25, -0.2) is 4.98 Å². The molecule has 1 saturated heterocycles. The summed E-state index contributed by atoms with van der Waals surface area (Å²) in [5.74, 6) is 2.33. The zero-order valence-electron chi connectivity index (χ0n) is 18.6. The molecule has 2 N–H and O–H groups in total. The van der Waals surface area contributed by atoms with E-state index in [9.17, 15) is 4.79 Å². The predicted molar refractivity (Wildman–Crippen MR) is 130 cm³/mol. The van der Waals surface area contributed by atoms with E-state index < -0.39 is 5.54 Å². The van der Waals surface area contributed by atoms with E-state index in [2.05, 4.69) is 27.8 Å². The lowest BCUT2D eigenvalue weighted by molar-refractivity contribution is 0.0694. The maximum atomic E-state index is 13.3. The maximum absolute atomic E-state index is 13.3. The first-order chi connectivity index (χ1) is 16.2. The molecule has 7 heteroatoms. The van der Waals surface area contributed by atoms with Crippen molar-refractivity contribution >= 4 is 23.2 Å². The van der Waals surface area contributed by atoms with Crippen molar-refractivity contribution in [3.63, 3.8) is 0 Å². The molecule has 3 aromatic rings. The highest BCUT2D eigenvalue weighted by Gasteiger charge is 2.45. The Labute approximate surface area is 193 Å². The van der Waals surface area contributed by atoms with Gasteiger partial charge in [0.15, 0.2) is 5.82 Å². The molecular weight excluding hydrogens is 414 g/mol. The van der Waals surface area contributed by atoms with Crippen LogP contribution >= 0.6 is 0 Å². The van der Waals surface area contributed by atoms with Crippen LogP contribution in [0.5, 0.6) is 5.75 Å². The molecule has 7 nitrogen and oxygen atoms in total. The maximum Gasteiger partial charge on any atom is 0.253 e. The number of hydrogen-bond acceptors (Lipinski definition) is 5. The van der Waals surface area contributed by atoms with Crippen molar-refractivity contribution in [2.24, 2.45) is 4.99 Å². The van der Waals surface area contributed by atoms with E-state index in [1.165, 1.54) is 0 Å². The Kier molecular flexibility index (Phi) is 5.69. The van der Waals surface area contributed by atoms with Crippen molar-refractivity contribution in [3.05, 3.63) is 84.1 Å². The molecule has 2 aliphatic rings. The summed E-state index contributed by atoms with van der Waals surface area (Å²) in [6, 6.07) is 21.4. The summed E-state index contributed by atoms with van der Waals surface area (Å²) in [6.07, 6.45) is 3.51. The second kappa shape index (κ2) is 8.94. The van der Waals surface area contributed by atoms with Crippen molar-refractivity contribution in [1.29, 1.82) is 0 Å². The van der Waals surface area contributed by atoms with Crippen molar-refractivity contribution in [2.45, 2.75) is 24.9 Å². The van der Waals surface area contributed by atoms with Crippen LogP contribution in [0.25, 0.3) is 0 Å². The third kappa shape index (κ3) is 4.26. The van der Waals surface area contributed by atoms with E-state index in [4.69, 9.17) is 9.73 Å². The first-order valence-electron chi connectivity index (χ1n) is 11.2. The Bertz CT molecular complexity index is 1160. The number of nitrogens with one attached hydrogen (secondary N) is 2. The average molecular weight is 442 g/mol. The van der Waals surface area contributed by atoms with Gasteiger partial charge in [0.25, 0.3) is 5.91 Å². The van der Waals surface area contributed by atoms with Crippen molar-refractivity contribution < 1.29 is 9.53 Å². The molecule has 5 rings (SSSR count). The first-order valence-corrected chi connectivity index (χ1v) is 11.2. The van der Waals surface area contributed by atoms with Crippen LogP contribution in [0.3, 0.4) is 0 Å². The minimum Gasteiger partial charge on any atom is -0.497 e. The van der Waals surface area contributed by atoms with Crippen LogP contribution < -0.4 is 15.4 Å². The highest BCUT2D eigenvalue weighted by molar-refractivity contribution is 6.09. The summed E-state index contributed by atoms with van der Waals surface area (Å²) in [6.45, 7) is 1.79. The highest BCUT2D eigenvalue weighted by Crippen LogP contribution is 2.35. The molecule has 33 heavy (non-hydrogen) atoms. The molecule has 2 aromatic carbocycles. The van der Waals surface area contributed by atoms with Crippen molar-refractivity contribution in [1.82, 2.24) is 9.88 Å². The van der Waals surface area contributed by atoms with E-state index >= 15 is 0 Å². The van der Waals surface area contributed by atoms with Gasteiger partial charge in [0.1, 0.15) is 17.1 Å². The average Bonchev–Trinajstić information content (AvgIpc) is 2.88. The molecule has 0 bridgehead atoms. The highest BCUT2D eigenvalue weighted by atomic mass is 16.5. The first kappa shape index (κ1) is 21.0. The molecule has 3 heterocycles. The van der Waals surface area contributed by atoms with Crippen LogP contribution in [0.1, 0.15) is 28.8 Å². The summed E-state index contributed by atoms with van der Waals surface area (Å²) < 4.78 is 5.23. The monoisotopic (exact) mass is 441 g/mol. The van der Waals surface area contributed by atoms with E-state index in [0.29, 0.717) is 25.2 Å². The number of amidine groups is 1. The Morgan fingerprint density at radius 2 is 1.94 bits per heavy atom. The molecule has 1 amide bonds. The summed E-state index contributed by atoms with van der Waals surface area (Å²) in [7, 11) is 1.62. The molecule has 0 aliphatic carbocycles. The number of rotatable bonds is 4. The van der Waals surface area contributed by atoms with Crippen molar-refractivity contribution in [2.75, 3.05) is 30.8 Å². The number of benzene rings is 2. The van der Waals surface area contributed by atoms with Crippen LogP contribution in [-0.2, 0) is 6.54 Å². The number of carbonyl (C=O) groups is 1. The van der Waals surface area contributed by atoms with Gasteiger partial charge in [-0.2, -0.15) is 0 Å². The Balaban J connectivity index is 1.45. The van der Waals surface area contributed by atoms with Gasteiger partial charge in [0.05, 0.1) is 25.9 Å². The van der Waals surface area contributed by atoms with Gasteiger partial charge in [0, 0.05) is 18.3 Å². The lowest BCUT2D eigenvalue weighted by Crippen LogP contribution is -2.62. The molecule has 1 spiro atoms. The van der Waals surface area contributed by atoms with Crippen LogP contribution in [0.15, 0.2) is 77.9 Å². The summed E-state index contributed by atoms with van der Waals surface area (Å²) >= 11 is 0. The standard InChI is InChI=1S/C26H27N5O2/c1-33-21-12-10-20(11-13-21)24(32)31-16-6-14-26(18-31)25(28-17-19-7-3-2-4-8-19)29-23-22(30-26)9-5-15-27-23/h2-5,7-13,15,30H,6,14,16-18H2,1H3,(H,27,28,29). The van der Waals surface area contributed by atoms with Gasteiger partial charge in [-0.15, -0.1) is 0 Å². The lowest BCUT2D eigenvalue weighted by Gasteiger charge is -2.47. The van der Waals surface area contributed by atoms with Gasteiger partial charge in [0.2, 0.25) is 0 Å². The number of aromatic nitrogens is 1. The van der Waals surface area contributed by atoms with E-state index in [1.807, 2.05) is 59.5 Å². The quantitative estimate of drug-likeness (QED) is 0.634. The Hall–Kier alpha value is -3.87. The van der Waals surface area contributed by atoms with E-state index in [-0.39, 0.29) is 5.91 Å². The summed E-state index contributed by atoms with van der Waals surface area (Å²) in [5.41, 5.74) is 2.22. The molecule has 0 radical (unpaired) electrons. The molecule has 168 valence electrons. The van der Waals surface area contributed by atoms with Crippen LogP contribution in [0.4, 0.5) is 11.5 Å². The number of carbonyl (C=O) groups excluding carboxylic acids is 1. The van der Waals surface area contributed by atoms with Crippen molar-refractivity contribution in [3.8, 4) is 5.75 Å². The predicted octanol–water partition coefficient (Wildman–Crippen LogP) is 4.20. The number of anilines is 2. The minimum atomic E-state index is -0.495. The number of ether oxygens (including phenoxy) is 1. The number of likely N-dealkylation sites (tertiary alicyclic amines) is 1. The molecule has 1 atom stereocenters. The fourth-order valence-corrected chi connectivity index (χ4v) is 4.54. The number of methoxy groups -OCH3 is 1. The topological polar surface area (TPSA) is 78.8 Å². The zero-order valence-corrected chi connectivity index (χ0v) is 18.6. The second-order valence-electron chi connectivity index (χ2n) is 8.44. The van der Waals surface area contributed by atoms with E-state index in [1.54, 1.807) is 13.3 Å². The Morgan fingerprint density at radius 3 is 2.73 bits per heavy atom. The molecule has 2 aliphatic heterocycles. The number of piperidine rings is 1. The fraction of sp³-hybridized carbons (Fsp3) is 0.269. The fourth-order valence-electron chi connectivity index (χ4n) is 4.54. The normalized spacial score (nSPS) is 20.6. The number of aliphatic imine (C=N–C) groups is 1. The number of fused-ring (bicyclic) bond motifs is 1. The molecular formula is C26H27N5O2. The smallest absolute Gasteiger partial charge is 0.253 e. The molecule has 1 aromatic heterocycles. The number of hydrogen-bond donors (Lipinski definition) is 2. The number of nitrogens with zero attached hydrogens (tertiary/aromatic N) is 3. The van der Waals surface area contributed by atoms with Crippen LogP contribution in [-0.4, -0.2) is 47.4 Å². The van der Waals surface area contributed by atoms with Gasteiger partial charge < -0.3 is 20.3 Å². The van der Waals surface area contributed by atoms with Gasteiger partial charge in [-0.1, -0.05) is 30.3 Å². The van der Waals surface area contributed by atoms with Gasteiger partial charge >= 0.3 is 0 Å². The van der Waals surface area contributed by atoms with E-state index in [0.717, 1.165) is 41.5 Å². The zero-order chi connectivity index (χ0) is 22.7.